The number of sulfonamides is 1. The van der Waals surface area contributed by atoms with E-state index in [0.717, 1.165) is 6.41 Å². The molecule has 1 radical (unpaired) electrons. The van der Waals surface area contributed by atoms with Crippen LogP contribution in [-0.2, 0) is 14.8 Å². The molecule has 0 aromatic heterocycles. The molecule has 0 bridgehead atoms. The van der Waals surface area contributed by atoms with E-state index in [1.807, 2.05) is 0 Å². The van der Waals surface area contributed by atoms with Gasteiger partial charge in [-0.05, 0) is 12.1 Å². The molecule has 0 saturated carbocycles. The second-order valence-electron chi connectivity index (χ2n) is 2.02. The molecule has 12 heavy (non-hydrogen) atoms. The molecular formula is C7H6NO3S. The summed E-state index contributed by atoms with van der Waals surface area (Å²) in [4.78, 5) is 9.83. The van der Waals surface area contributed by atoms with Crippen molar-refractivity contribution in [2.24, 2.45) is 0 Å². The number of hydrogen-bond donors (Lipinski definition) is 1. The fraction of sp³-hybridized carbons (Fsp3) is 0. The third kappa shape index (κ3) is 1.82. The Morgan fingerprint density at radius 1 is 1.17 bits per heavy atom. The Balaban J connectivity index is 3.07. The Hall–Kier alpha value is -1.36. The van der Waals surface area contributed by atoms with Crippen molar-refractivity contribution >= 4 is 16.4 Å². The second kappa shape index (κ2) is 3.36. The minimum Gasteiger partial charge on any atom is -0.262 e. The van der Waals surface area contributed by atoms with E-state index in [9.17, 15) is 13.2 Å². The highest BCUT2D eigenvalue weighted by molar-refractivity contribution is 7.90. The monoisotopic (exact) mass is 184 g/mol. The molecule has 1 aromatic rings. The molecule has 0 aliphatic rings. The van der Waals surface area contributed by atoms with Crippen LogP contribution in [0.4, 0.5) is 0 Å². The number of amides is 1. The van der Waals surface area contributed by atoms with Crippen molar-refractivity contribution in [2.45, 2.75) is 4.90 Å². The highest BCUT2D eigenvalue weighted by atomic mass is 32.2. The van der Waals surface area contributed by atoms with Gasteiger partial charge < -0.3 is 0 Å². The van der Waals surface area contributed by atoms with Crippen LogP contribution in [0.3, 0.4) is 0 Å². The normalized spacial score (nSPS) is 10.7. The fourth-order valence-electron chi connectivity index (χ4n) is 0.713. The van der Waals surface area contributed by atoms with Gasteiger partial charge in [0.1, 0.15) is 0 Å². The van der Waals surface area contributed by atoms with Crippen molar-refractivity contribution in [3.05, 3.63) is 30.3 Å². The van der Waals surface area contributed by atoms with Crippen LogP contribution in [0.1, 0.15) is 0 Å². The van der Waals surface area contributed by atoms with Crippen molar-refractivity contribution in [1.82, 2.24) is 4.72 Å². The Bertz CT molecular complexity index is 357. The fourth-order valence-corrected chi connectivity index (χ4v) is 1.46. The number of rotatable bonds is 3. The summed E-state index contributed by atoms with van der Waals surface area (Å²) >= 11 is 0. The van der Waals surface area contributed by atoms with E-state index in [0.29, 0.717) is 0 Å². The summed E-state index contributed by atoms with van der Waals surface area (Å²) < 4.78 is 23.7. The van der Waals surface area contributed by atoms with E-state index in [1.165, 1.54) is 12.1 Å². The predicted molar refractivity (Wildman–Crippen MR) is 42.5 cm³/mol. The predicted octanol–water partition coefficient (Wildman–Crippen LogP) is 0.0321. The molecule has 4 nitrogen and oxygen atoms in total. The third-order valence-corrected chi connectivity index (χ3v) is 2.47. The van der Waals surface area contributed by atoms with Crippen LogP contribution in [0.5, 0.6) is 0 Å². The molecule has 0 spiro atoms. The maximum atomic E-state index is 11.1. The molecule has 0 saturated heterocycles. The van der Waals surface area contributed by atoms with Gasteiger partial charge in [-0.1, -0.05) is 18.2 Å². The van der Waals surface area contributed by atoms with Crippen LogP contribution in [0.15, 0.2) is 35.2 Å². The van der Waals surface area contributed by atoms with Gasteiger partial charge in [-0.25, -0.2) is 13.1 Å². The zero-order valence-corrected chi connectivity index (χ0v) is 6.84. The van der Waals surface area contributed by atoms with Gasteiger partial charge in [0.25, 0.3) is 10.0 Å². The summed E-state index contributed by atoms with van der Waals surface area (Å²) in [5.74, 6) is 0. The molecule has 0 heterocycles. The van der Waals surface area contributed by atoms with Crippen LogP contribution >= 0.6 is 0 Å². The summed E-state index contributed by atoms with van der Waals surface area (Å²) in [5, 5.41) is 0. The van der Waals surface area contributed by atoms with E-state index in [2.05, 4.69) is 0 Å². The van der Waals surface area contributed by atoms with Gasteiger partial charge >= 0.3 is 6.41 Å². The topological polar surface area (TPSA) is 63.2 Å². The second-order valence-corrected chi connectivity index (χ2v) is 3.70. The van der Waals surface area contributed by atoms with Crippen molar-refractivity contribution < 1.29 is 13.2 Å². The van der Waals surface area contributed by atoms with E-state index in [4.69, 9.17) is 0 Å². The zero-order chi connectivity index (χ0) is 9.03. The Labute approximate surface area is 70.3 Å². The molecular weight excluding hydrogens is 178 g/mol. The van der Waals surface area contributed by atoms with Crippen LogP contribution < -0.4 is 4.72 Å². The lowest BCUT2D eigenvalue weighted by Gasteiger charge is -1.98. The lowest BCUT2D eigenvalue weighted by atomic mass is 10.4. The number of carbonyl (C=O) groups excluding carboxylic acids is 1. The van der Waals surface area contributed by atoms with Gasteiger partial charge in [-0.3, -0.25) is 4.79 Å². The first-order valence-electron chi connectivity index (χ1n) is 3.11. The largest absolute Gasteiger partial charge is 0.324 e. The molecule has 5 heteroatoms. The SMILES string of the molecule is O=[C]NS(=O)(=O)c1ccccc1. The summed E-state index contributed by atoms with van der Waals surface area (Å²) in [5.41, 5.74) is 0. The standard InChI is InChI=1S/C7H6NO3S/c9-6-8-12(10,11)7-4-2-1-3-5-7/h1-5H,(H,8,9). The molecule has 0 atom stereocenters. The molecule has 0 aliphatic heterocycles. The molecule has 1 N–H and O–H groups in total. The summed E-state index contributed by atoms with van der Waals surface area (Å²) in [6.07, 6.45) is 1.12. The maximum absolute atomic E-state index is 11.1. The Morgan fingerprint density at radius 3 is 2.25 bits per heavy atom. The van der Waals surface area contributed by atoms with E-state index in [1.54, 1.807) is 22.9 Å². The van der Waals surface area contributed by atoms with E-state index in [-0.39, 0.29) is 4.90 Å². The smallest absolute Gasteiger partial charge is 0.262 e. The highest BCUT2D eigenvalue weighted by Gasteiger charge is 2.10. The van der Waals surface area contributed by atoms with Gasteiger partial charge in [-0.2, -0.15) is 0 Å². The van der Waals surface area contributed by atoms with Crippen LogP contribution in [0.2, 0.25) is 0 Å². The van der Waals surface area contributed by atoms with Crippen molar-refractivity contribution in [1.29, 1.82) is 0 Å². The Morgan fingerprint density at radius 2 is 1.75 bits per heavy atom. The van der Waals surface area contributed by atoms with Crippen LogP contribution in [0.25, 0.3) is 0 Å². The molecule has 63 valence electrons. The van der Waals surface area contributed by atoms with Gasteiger partial charge in [0.2, 0.25) is 0 Å². The summed E-state index contributed by atoms with van der Waals surface area (Å²) in [6, 6.07) is 7.60. The first-order valence-corrected chi connectivity index (χ1v) is 4.59. The summed E-state index contributed by atoms with van der Waals surface area (Å²) in [7, 11) is -3.68. The average Bonchev–Trinajstić information content (AvgIpc) is 2.06. The zero-order valence-electron chi connectivity index (χ0n) is 6.02. The van der Waals surface area contributed by atoms with Crippen molar-refractivity contribution in [3.63, 3.8) is 0 Å². The number of hydrogen-bond acceptors (Lipinski definition) is 3. The first kappa shape index (κ1) is 8.73. The molecule has 0 unspecified atom stereocenters. The molecule has 0 aliphatic carbocycles. The van der Waals surface area contributed by atoms with Crippen LogP contribution in [-0.4, -0.2) is 14.8 Å². The highest BCUT2D eigenvalue weighted by Crippen LogP contribution is 2.05. The van der Waals surface area contributed by atoms with E-state index < -0.39 is 10.0 Å². The quantitative estimate of drug-likeness (QED) is 0.674. The number of nitrogens with one attached hydrogen (secondary N) is 1. The Kier molecular flexibility index (Phi) is 2.44. The molecule has 1 rings (SSSR count). The number of benzene rings is 1. The van der Waals surface area contributed by atoms with Crippen molar-refractivity contribution in [3.8, 4) is 0 Å². The molecule has 1 amide bonds. The average molecular weight is 184 g/mol. The maximum Gasteiger partial charge on any atom is 0.324 e. The minimum atomic E-state index is -3.68. The molecule has 0 fully saturated rings. The summed E-state index contributed by atoms with van der Waals surface area (Å²) in [6.45, 7) is 0. The van der Waals surface area contributed by atoms with Gasteiger partial charge in [0, 0.05) is 0 Å². The lowest BCUT2D eigenvalue weighted by Crippen LogP contribution is -2.21. The third-order valence-electron chi connectivity index (χ3n) is 1.23. The first-order chi connectivity index (χ1) is 5.67. The van der Waals surface area contributed by atoms with Crippen molar-refractivity contribution in [2.75, 3.05) is 0 Å². The lowest BCUT2D eigenvalue weighted by molar-refractivity contribution is 0.547. The minimum absolute atomic E-state index is 0.0494. The van der Waals surface area contributed by atoms with Crippen LogP contribution in [0, 0.1) is 0 Å². The van der Waals surface area contributed by atoms with Gasteiger partial charge in [-0.15, -0.1) is 0 Å². The molecule has 1 aromatic carbocycles. The van der Waals surface area contributed by atoms with E-state index >= 15 is 0 Å². The van der Waals surface area contributed by atoms with Gasteiger partial charge in [0.15, 0.2) is 0 Å². The van der Waals surface area contributed by atoms with Gasteiger partial charge in [0.05, 0.1) is 4.90 Å².